The van der Waals surface area contributed by atoms with Gasteiger partial charge < -0.3 is 10.1 Å². The standard InChI is InChI=1S/C21H20N2O2/c24-21(19-13-14-22-20-8-4-3-7-18(19)20)23-15-9-11-17(12-10-15)25-16-5-1-2-6-16/h3-4,7-14,16H,1-2,5-6H2,(H,23,24). The molecule has 1 fully saturated rings. The minimum Gasteiger partial charge on any atom is -0.490 e. The van der Waals surface area contributed by atoms with Gasteiger partial charge in [0, 0.05) is 17.3 Å². The Kier molecular flexibility index (Phi) is 4.34. The lowest BCUT2D eigenvalue weighted by atomic mass is 10.1. The summed E-state index contributed by atoms with van der Waals surface area (Å²) in [5.41, 5.74) is 2.19. The van der Waals surface area contributed by atoms with Crippen LogP contribution in [0.25, 0.3) is 10.9 Å². The fraction of sp³-hybridized carbons (Fsp3) is 0.238. The van der Waals surface area contributed by atoms with Gasteiger partial charge in [-0.15, -0.1) is 0 Å². The zero-order chi connectivity index (χ0) is 17.1. The number of nitrogens with zero attached hydrogens (tertiary/aromatic N) is 1. The van der Waals surface area contributed by atoms with E-state index in [1.54, 1.807) is 12.3 Å². The highest BCUT2D eigenvalue weighted by Crippen LogP contribution is 2.25. The Morgan fingerprint density at radius 2 is 1.76 bits per heavy atom. The quantitative estimate of drug-likeness (QED) is 0.746. The van der Waals surface area contributed by atoms with Crippen LogP contribution in [0.2, 0.25) is 0 Å². The number of aromatic nitrogens is 1. The number of ether oxygens (including phenoxy) is 1. The Morgan fingerprint density at radius 1 is 1.00 bits per heavy atom. The van der Waals surface area contributed by atoms with Crippen LogP contribution in [0.4, 0.5) is 5.69 Å². The molecule has 1 aromatic heterocycles. The molecule has 0 saturated heterocycles. The fourth-order valence-corrected chi connectivity index (χ4v) is 3.31. The van der Waals surface area contributed by atoms with Gasteiger partial charge in [0.05, 0.1) is 17.2 Å². The number of carbonyl (C=O) groups is 1. The summed E-state index contributed by atoms with van der Waals surface area (Å²) < 4.78 is 5.96. The second-order valence-electron chi connectivity index (χ2n) is 6.38. The molecule has 4 nitrogen and oxygen atoms in total. The van der Waals surface area contributed by atoms with Crippen LogP contribution < -0.4 is 10.1 Å². The SMILES string of the molecule is O=C(Nc1ccc(OC2CCCC2)cc1)c1ccnc2ccccc12. The molecule has 1 saturated carbocycles. The van der Waals surface area contributed by atoms with Gasteiger partial charge in [-0.05, 0) is 62.1 Å². The number of hydrogen-bond donors (Lipinski definition) is 1. The minimum atomic E-state index is -0.136. The summed E-state index contributed by atoms with van der Waals surface area (Å²) in [5.74, 6) is 0.724. The van der Waals surface area contributed by atoms with Gasteiger partial charge in [0.25, 0.3) is 5.91 Å². The topological polar surface area (TPSA) is 51.2 Å². The molecule has 1 N–H and O–H groups in total. The zero-order valence-electron chi connectivity index (χ0n) is 13.9. The van der Waals surface area contributed by atoms with Gasteiger partial charge in [0.15, 0.2) is 0 Å². The summed E-state index contributed by atoms with van der Waals surface area (Å²) >= 11 is 0. The molecule has 0 spiro atoms. The number of fused-ring (bicyclic) bond motifs is 1. The molecule has 3 aromatic rings. The first-order chi connectivity index (χ1) is 12.3. The molecule has 25 heavy (non-hydrogen) atoms. The van der Waals surface area contributed by atoms with Crippen LogP contribution >= 0.6 is 0 Å². The first-order valence-corrected chi connectivity index (χ1v) is 8.71. The van der Waals surface area contributed by atoms with Gasteiger partial charge in [-0.3, -0.25) is 9.78 Å². The molecule has 4 heteroatoms. The number of pyridine rings is 1. The maximum absolute atomic E-state index is 12.6. The van der Waals surface area contributed by atoms with Crippen LogP contribution in [-0.2, 0) is 0 Å². The maximum Gasteiger partial charge on any atom is 0.256 e. The lowest BCUT2D eigenvalue weighted by Gasteiger charge is -2.13. The molecule has 0 bridgehead atoms. The molecule has 1 aliphatic rings. The van der Waals surface area contributed by atoms with E-state index in [4.69, 9.17) is 4.74 Å². The van der Waals surface area contributed by atoms with Crippen molar-refractivity contribution < 1.29 is 9.53 Å². The largest absolute Gasteiger partial charge is 0.490 e. The number of anilines is 1. The normalized spacial score (nSPS) is 14.6. The van der Waals surface area contributed by atoms with E-state index in [9.17, 15) is 4.79 Å². The highest BCUT2D eigenvalue weighted by Gasteiger charge is 2.16. The molecule has 1 aliphatic carbocycles. The van der Waals surface area contributed by atoms with E-state index in [2.05, 4.69) is 10.3 Å². The third-order valence-corrected chi connectivity index (χ3v) is 4.61. The molecule has 0 radical (unpaired) electrons. The lowest BCUT2D eigenvalue weighted by molar-refractivity contribution is 0.102. The molecular weight excluding hydrogens is 312 g/mol. The number of amides is 1. The van der Waals surface area contributed by atoms with E-state index in [-0.39, 0.29) is 5.91 Å². The molecule has 1 amide bonds. The Balaban J connectivity index is 1.48. The molecule has 1 heterocycles. The molecule has 126 valence electrons. The van der Waals surface area contributed by atoms with Gasteiger partial charge in [-0.1, -0.05) is 18.2 Å². The molecule has 0 unspecified atom stereocenters. The predicted octanol–water partition coefficient (Wildman–Crippen LogP) is 4.81. The van der Waals surface area contributed by atoms with Crippen LogP contribution in [0.5, 0.6) is 5.75 Å². The molecule has 0 aliphatic heterocycles. The van der Waals surface area contributed by atoms with Crippen LogP contribution in [0, 0.1) is 0 Å². The van der Waals surface area contributed by atoms with Crippen LogP contribution in [0.3, 0.4) is 0 Å². The third kappa shape index (κ3) is 3.48. The molecule has 0 atom stereocenters. The average molecular weight is 332 g/mol. The summed E-state index contributed by atoms with van der Waals surface area (Å²) in [4.78, 5) is 16.9. The van der Waals surface area contributed by atoms with Crippen LogP contribution in [0.1, 0.15) is 36.0 Å². The Hall–Kier alpha value is -2.88. The second-order valence-corrected chi connectivity index (χ2v) is 6.38. The van der Waals surface area contributed by atoms with Crippen molar-refractivity contribution in [2.45, 2.75) is 31.8 Å². The number of hydrogen-bond acceptors (Lipinski definition) is 3. The van der Waals surface area contributed by atoms with Crippen LogP contribution in [-0.4, -0.2) is 17.0 Å². The van der Waals surface area contributed by atoms with E-state index in [1.807, 2.05) is 48.5 Å². The van der Waals surface area contributed by atoms with Crippen molar-refractivity contribution in [2.24, 2.45) is 0 Å². The second kappa shape index (κ2) is 6.93. The predicted molar refractivity (Wildman–Crippen MR) is 99.0 cm³/mol. The average Bonchev–Trinajstić information content (AvgIpc) is 3.16. The van der Waals surface area contributed by atoms with E-state index in [0.29, 0.717) is 11.7 Å². The highest BCUT2D eigenvalue weighted by atomic mass is 16.5. The molecule has 4 rings (SSSR count). The van der Waals surface area contributed by atoms with Crippen molar-refractivity contribution in [1.29, 1.82) is 0 Å². The van der Waals surface area contributed by atoms with E-state index < -0.39 is 0 Å². The first-order valence-electron chi connectivity index (χ1n) is 8.71. The zero-order valence-corrected chi connectivity index (χ0v) is 13.9. The van der Waals surface area contributed by atoms with Crippen molar-refractivity contribution >= 4 is 22.5 Å². The fourth-order valence-electron chi connectivity index (χ4n) is 3.31. The van der Waals surface area contributed by atoms with E-state index in [1.165, 1.54) is 12.8 Å². The summed E-state index contributed by atoms with van der Waals surface area (Å²) in [5, 5.41) is 3.80. The van der Waals surface area contributed by atoms with Gasteiger partial charge in [0.1, 0.15) is 5.75 Å². The van der Waals surface area contributed by atoms with Gasteiger partial charge in [-0.2, -0.15) is 0 Å². The van der Waals surface area contributed by atoms with Crippen molar-refractivity contribution in [3.63, 3.8) is 0 Å². The Bertz CT molecular complexity index is 879. The number of rotatable bonds is 4. The summed E-state index contributed by atoms with van der Waals surface area (Å²) in [6.07, 6.45) is 6.76. The minimum absolute atomic E-state index is 0.136. The number of para-hydroxylation sites is 1. The van der Waals surface area contributed by atoms with Crippen molar-refractivity contribution in [3.05, 3.63) is 66.4 Å². The number of benzene rings is 2. The first kappa shape index (κ1) is 15.6. The smallest absolute Gasteiger partial charge is 0.256 e. The van der Waals surface area contributed by atoms with Gasteiger partial charge in [0.2, 0.25) is 0 Å². The Morgan fingerprint density at radius 3 is 2.56 bits per heavy atom. The number of nitrogens with one attached hydrogen (secondary N) is 1. The summed E-state index contributed by atoms with van der Waals surface area (Å²) in [6, 6.07) is 17.0. The summed E-state index contributed by atoms with van der Waals surface area (Å²) in [7, 11) is 0. The van der Waals surface area contributed by atoms with E-state index in [0.717, 1.165) is 35.2 Å². The van der Waals surface area contributed by atoms with Crippen molar-refractivity contribution in [1.82, 2.24) is 4.98 Å². The van der Waals surface area contributed by atoms with E-state index >= 15 is 0 Å². The summed E-state index contributed by atoms with van der Waals surface area (Å²) in [6.45, 7) is 0. The van der Waals surface area contributed by atoms with Crippen molar-refractivity contribution in [2.75, 3.05) is 5.32 Å². The monoisotopic (exact) mass is 332 g/mol. The van der Waals surface area contributed by atoms with Gasteiger partial charge in [-0.25, -0.2) is 0 Å². The third-order valence-electron chi connectivity index (χ3n) is 4.61. The van der Waals surface area contributed by atoms with Crippen molar-refractivity contribution in [3.8, 4) is 5.75 Å². The van der Waals surface area contributed by atoms with Crippen LogP contribution in [0.15, 0.2) is 60.8 Å². The number of carbonyl (C=O) groups excluding carboxylic acids is 1. The highest BCUT2D eigenvalue weighted by molar-refractivity contribution is 6.12. The molecular formula is C21H20N2O2. The van der Waals surface area contributed by atoms with Gasteiger partial charge >= 0.3 is 0 Å². The lowest BCUT2D eigenvalue weighted by Crippen LogP contribution is -2.13. The molecule has 2 aromatic carbocycles. The Labute approximate surface area is 146 Å². The maximum atomic E-state index is 12.6.